The third kappa shape index (κ3) is 4.17. The molecule has 0 aliphatic rings. The zero-order chi connectivity index (χ0) is 15.2. The van der Waals surface area contributed by atoms with Gasteiger partial charge >= 0.3 is 5.97 Å². The lowest BCUT2D eigenvalue weighted by atomic mass is 10.1. The van der Waals surface area contributed by atoms with Gasteiger partial charge in [-0.05, 0) is 43.7 Å². The molecule has 1 heterocycles. The predicted octanol–water partition coefficient (Wildman–Crippen LogP) is 1.86. The summed E-state index contributed by atoms with van der Waals surface area (Å²) >= 11 is 0. The Kier molecular flexibility index (Phi) is 4.71. The van der Waals surface area contributed by atoms with Crippen LogP contribution in [0, 0.1) is 0 Å². The van der Waals surface area contributed by atoms with Crippen molar-refractivity contribution >= 4 is 11.9 Å². The van der Waals surface area contributed by atoms with Gasteiger partial charge in [-0.3, -0.25) is 9.59 Å². The van der Waals surface area contributed by atoms with E-state index in [4.69, 9.17) is 5.11 Å². The molecule has 1 aromatic carbocycles. The highest BCUT2D eigenvalue weighted by molar-refractivity contribution is 5.94. The predicted molar refractivity (Wildman–Crippen MR) is 77.4 cm³/mol. The summed E-state index contributed by atoms with van der Waals surface area (Å²) in [5.41, 5.74) is 1.41. The number of hydrogen-bond donors (Lipinski definition) is 2. The van der Waals surface area contributed by atoms with Crippen LogP contribution in [0.2, 0.25) is 0 Å². The van der Waals surface area contributed by atoms with Crippen LogP contribution in [0.1, 0.15) is 30.1 Å². The van der Waals surface area contributed by atoms with E-state index in [1.165, 1.54) is 0 Å². The monoisotopic (exact) mass is 287 g/mol. The summed E-state index contributed by atoms with van der Waals surface area (Å²) in [7, 11) is 0. The average Bonchev–Trinajstić information content (AvgIpc) is 2.99. The fraction of sp³-hybridized carbons (Fsp3) is 0.267. The molecule has 2 N–H and O–H groups in total. The molecule has 2 rings (SSSR count). The summed E-state index contributed by atoms with van der Waals surface area (Å²) in [6.07, 6.45) is 3.96. The lowest BCUT2D eigenvalue weighted by Crippen LogP contribution is -2.32. The molecule has 2 aromatic rings. The molecule has 21 heavy (non-hydrogen) atoms. The molecule has 1 unspecified atom stereocenters. The number of nitrogens with zero attached hydrogens (tertiary/aromatic N) is 2. The second-order valence-corrected chi connectivity index (χ2v) is 4.80. The van der Waals surface area contributed by atoms with E-state index < -0.39 is 5.97 Å². The maximum absolute atomic E-state index is 12.0. The molecule has 0 aliphatic heterocycles. The van der Waals surface area contributed by atoms with Crippen molar-refractivity contribution in [3.05, 3.63) is 48.3 Å². The van der Waals surface area contributed by atoms with E-state index in [0.29, 0.717) is 12.0 Å². The van der Waals surface area contributed by atoms with Crippen LogP contribution in [-0.4, -0.2) is 32.8 Å². The van der Waals surface area contributed by atoms with Gasteiger partial charge in [0.1, 0.15) is 0 Å². The first-order chi connectivity index (χ1) is 10.1. The van der Waals surface area contributed by atoms with Gasteiger partial charge in [0.15, 0.2) is 0 Å². The number of carboxylic acid groups (broad SMARTS) is 1. The van der Waals surface area contributed by atoms with Crippen molar-refractivity contribution in [1.82, 2.24) is 15.1 Å². The van der Waals surface area contributed by atoms with E-state index in [1.54, 1.807) is 29.9 Å². The number of carboxylic acids is 1. The maximum atomic E-state index is 12.0. The van der Waals surface area contributed by atoms with Crippen molar-refractivity contribution in [2.75, 3.05) is 0 Å². The van der Waals surface area contributed by atoms with Crippen molar-refractivity contribution in [1.29, 1.82) is 0 Å². The first-order valence-electron chi connectivity index (χ1n) is 6.69. The minimum Gasteiger partial charge on any atom is -0.481 e. The topological polar surface area (TPSA) is 84.2 Å². The summed E-state index contributed by atoms with van der Waals surface area (Å²) in [5, 5.41) is 15.5. The molecule has 0 aliphatic carbocycles. The molecule has 6 nitrogen and oxygen atoms in total. The highest BCUT2D eigenvalue weighted by Gasteiger charge is 2.11. The molecule has 1 atom stereocenters. The zero-order valence-corrected chi connectivity index (χ0v) is 11.7. The number of rotatable bonds is 6. The Labute approximate surface area is 122 Å². The van der Waals surface area contributed by atoms with E-state index in [1.807, 2.05) is 24.4 Å². The fourth-order valence-corrected chi connectivity index (χ4v) is 1.91. The molecule has 0 fully saturated rings. The number of aliphatic carboxylic acids is 1. The number of benzene rings is 1. The van der Waals surface area contributed by atoms with Gasteiger partial charge in [-0.2, -0.15) is 5.10 Å². The molecular formula is C15H17N3O3. The Morgan fingerprint density at radius 1 is 1.33 bits per heavy atom. The summed E-state index contributed by atoms with van der Waals surface area (Å²) in [6, 6.07) is 8.70. The lowest BCUT2D eigenvalue weighted by Gasteiger charge is -2.13. The fourth-order valence-electron chi connectivity index (χ4n) is 1.91. The van der Waals surface area contributed by atoms with Gasteiger partial charge in [0.2, 0.25) is 0 Å². The maximum Gasteiger partial charge on any atom is 0.303 e. The van der Waals surface area contributed by atoms with Crippen LogP contribution in [0.5, 0.6) is 0 Å². The molecule has 0 bridgehead atoms. The average molecular weight is 287 g/mol. The molecular weight excluding hydrogens is 270 g/mol. The zero-order valence-electron chi connectivity index (χ0n) is 11.7. The molecule has 110 valence electrons. The van der Waals surface area contributed by atoms with E-state index in [2.05, 4.69) is 10.4 Å². The van der Waals surface area contributed by atoms with E-state index >= 15 is 0 Å². The quantitative estimate of drug-likeness (QED) is 0.849. The van der Waals surface area contributed by atoms with Crippen molar-refractivity contribution in [3.8, 4) is 5.69 Å². The largest absolute Gasteiger partial charge is 0.481 e. The van der Waals surface area contributed by atoms with Crippen LogP contribution >= 0.6 is 0 Å². The van der Waals surface area contributed by atoms with E-state index in [-0.39, 0.29) is 18.4 Å². The number of carbonyl (C=O) groups is 2. The van der Waals surface area contributed by atoms with Crippen LogP contribution in [0.15, 0.2) is 42.7 Å². The van der Waals surface area contributed by atoms with Gasteiger partial charge in [0.25, 0.3) is 5.91 Å². The Morgan fingerprint density at radius 2 is 2.05 bits per heavy atom. The smallest absolute Gasteiger partial charge is 0.303 e. The third-order valence-electron chi connectivity index (χ3n) is 3.07. The Morgan fingerprint density at radius 3 is 2.62 bits per heavy atom. The number of nitrogens with one attached hydrogen (secondary N) is 1. The SMILES string of the molecule is CC(CCC(=O)O)NC(=O)c1ccc(-n2cccn2)cc1. The summed E-state index contributed by atoms with van der Waals surface area (Å²) in [6.45, 7) is 1.79. The number of carbonyl (C=O) groups excluding carboxylic acids is 1. The minimum atomic E-state index is -0.861. The first kappa shape index (κ1) is 14.8. The van der Waals surface area contributed by atoms with Gasteiger partial charge in [-0.1, -0.05) is 0 Å². The molecule has 0 spiro atoms. The van der Waals surface area contributed by atoms with Gasteiger partial charge in [0.05, 0.1) is 5.69 Å². The Bertz CT molecular complexity index is 606. The second kappa shape index (κ2) is 6.69. The van der Waals surface area contributed by atoms with E-state index in [0.717, 1.165) is 5.69 Å². The van der Waals surface area contributed by atoms with Crippen LogP contribution < -0.4 is 5.32 Å². The summed E-state index contributed by atoms with van der Waals surface area (Å²) < 4.78 is 1.71. The van der Waals surface area contributed by atoms with Crippen molar-refractivity contribution in [2.24, 2.45) is 0 Å². The normalized spacial score (nSPS) is 11.9. The van der Waals surface area contributed by atoms with Gasteiger partial charge in [-0.25, -0.2) is 4.68 Å². The van der Waals surface area contributed by atoms with Crippen molar-refractivity contribution < 1.29 is 14.7 Å². The minimum absolute atomic E-state index is 0.0414. The van der Waals surface area contributed by atoms with Crippen molar-refractivity contribution in [2.45, 2.75) is 25.8 Å². The molecule has 0 saturated heterocycles. The number of amides is 1. The molecule has 6 heteroatoms. The van der Waals surface area contributed by atoms with Gasteiger partial charge in [0, 0.05) is 30.4 Å². The van der Waals surface area contributed by atoms with Crippen LogP contribution in [0.4, 0.5) is 0 Å². The van der Waals surface area contributed by atoms with Gasteiger partial charge < -0.3 is 10.4 Å². The summed E-state index contributed by atoms with van der Waals surface area (Å²) in [5.74, 6) is -1.07. The molecule has 1 aromatic heterocycles. The summed E-state index contributed by atoms with van der Waals surface area (Å²) in [4.78, 5) is 22.5. The molecule has 0 saturated carbocycles. The number of aromatic nitrogens is 2. The second-order valence-electron chi connectivity index (χ2n) is 4.80. The Hall–Kier alpha value is -2.63. The molecule has 1 amide bonds. The van der Waals surface area contributed by atoms with Crippen molar-refractivity contribution in [3.63, 3.8) is 0 Å². The highest BCUT2D eigenvalue weighted by Crippen LogP contribution is 2.09. The Balaban J connectivity index is 1.95. The van der Waals surface area contributed by atoms with Crippen LogP contribution in [-0.2, 0) is 4.79 Å². The standard InChI is InChI=1S/C15H17N3O3/c1-11(3-8-14(19)20)17-15(21)12-4-6-13(7-5-12)18-10-2-9-16-18/h2,4-7,9-11H,3,8H2,1H3,(H,17,21)(H,19,20). The lowest BCUT2D eigenvalue weighted by molar-refractivity contribution is -0.137. The van der Waals surface area contributed by atoms with Crippen LogP contribution in [0.25, 0.3) is 5.69 Å². The van der Waals surface area contributed by atoms with Gasteiger partial charge in [-0.15, -0.1) is 0 Å². The highest BCUT2D eigenvalue weighted by atomic mass is 16.4. The molecule has 0 radical (unpaired) electrons. The number of hydrogen-bond acceptors (Lipinski definition) is 3. The first-order valence-corrected chi connectivity index (χ1v) is 6.69. The van der Waals surface area contributed by atoms with E-state index in [9.17, 15) is 9.59 Å². The third-order valence-corrected chi connectivity index (χ3v) is 3.07. The van der Waals surface area contributed by atoms with Crippen LogP contribution in [0.3, 0.4) is 0 Å².